The molecule has 0 radical (unpaired) electrons. The van der Waals surface area contributed by atoms with Crippen molar-refractivity contribution in [1.29, 1.82) is 0 Å². The van der Waals surface area contributed by atoms with Crippen molar-refractivity contribution in [2.45, 2.75) is 13.8 Å². The number of nitrogens with zero attached hydrogens (tertiary/aromatic N) is 1. The van der Waals surface area contributed by atoms with Crippen LogP contribution in [0.15, 0.2) is 66.4 Å². The molecule has 0 aliphatic carbocycles. The molecule has 0 fully saturated rings. The molecule has 2 aliphatic rings. The first-order valence-corrected chi connectivity index (χ1v) is 11.0. The number of carbonyl (C=O) groups excluding carboxylic acids is 2. The quantitative estimate of drug-likeness (QED) is 0.571. The molecular formula is C27H24N2O5. The lowest BCUT2D eigenvalue weighted by molar-refractivity contribution is -0.120. The number of imide groups is 1. The number of hydrogen-bond acceptors (Lipinski definition) is 6. The van der Waals surface area contributed by atoms with Gasteiger partial charge in [-0.1, -0.05) is 24.3 Å². The Bertz CT molecular complexity index is 1320. The summed E-state index contributed by atoms with van der Waals surface area (Å²) in [6, 6.07) is 18.2. The Kier molecular flexibility index (Phi) is 5.45. The van der Waals surface area contributed by atoms with E-state index >= 15 is 0 Å². The number of hydrogen-bond donors (Lipinski definition) is 1. The van der Waals surface area contributed by atoms with E-state index < -0.39 is 11.8 Å². The number of benzene rings is 3. The van der Waals surface area contributed by atoms with Crippen molar-refractivity contribution in [2.24, 2.45) is 0 Å². The maximum Gasteiger partial charge on any atom is 0.282 e. The first-order valence-electron chi connectivity index (χ1n) is 11.0. The van der Waals surface area contributed by atoms with Crippen molar-refractivity contribution in [3.8, 4) is 17.2 Å². The summed E-state index contributed by atoms with van der Waals surface area (Å²) in [6.07, 6.45) is 0. The van der Waals surface area contributed by atoms with Crippen LogP contribution in [0.3, 0.4) is 0 Å². The van der Waals surface area contributed by atoms with Gasteiger partial charge in [0.15, 0.2) is 11.5 Å². The second-order valence-electron chi connectivity index (χ2n) is 8.23. The Hall–Kier alpha value is -4.26. The minimum Gasteiger partial charge on any atom is -0.496 e. The third kappa shape index (κ3) is 3.75. The molecule has 34 heavy (non-hydrogen) atoms. The Labute approximate surface area is 197 Å². The van der Waals surface area contributed by atoms with Crippen LogP contribution in [0.5, 0.6) is 17.2 Å². The van der Waals surface area contributed by atoms with E-state index in [1.807, 2.05) is 44.2 Å². The second-order valence-corrected chi connectivity index (χ2v) is 8.23. The van der Waals surface area contributed by atoms with E-state index in [0.29, 0.717) is 47.4 Å². The molecule has 5 rings (SSSR count). The van der Waals surface area contributed by atoms with Crippen molar-refractivity contribution < 1.29 is 23.8 Å². The number of anilines is 2. The number of aryl methyl sites for hydroxylation is 2. The highest BCUT2D eigenvalue weighted by Gasteiger charge is 2.41. The number of para-hydroxylation sites is 1. The van der Waals surface area contributed by atoms with Gasteiger partial charge in [0.1, 0.15) is 24.7 Å². The van der Waals surface area contributed by atoms with Crippen molar-refractivity contribution in [2.75, 3.05) is 30.5 Å². The lowest BCUT2D eigenvalue weighted by Crippen LogP contribution is -2.32. The molecule has 172 valence electrons. The van der Waals surface area contributed by atoms with Crippen molar-refractivity contribution >= 4 is 28.8 Å². The van der Waals surface area contributed by atoms with Crippen molar-refractivity contribution in [3.63, 3.8) is 0 Å². The van der Waals surface area contributed by atoms with Crippen LogP contribution in [-0.2, 0) is 9.59 Å². The first kappa shape index (κ1) is 21.6. The first-order chi connectivity index (χ1) is 16.5. The molecule has 3 aromatic carbocycles. The number of fused-ring (bicyclic) bond motifs is 1. The molecule has 0 saturated carbocycles. The van der Waals surface area contributed by atoms with Gasteiger partial charge in [-0.25, -0.2) is 4.90 Å². The predicted molar refractivity (Wildman–Crippen MR) is 129 cm³/mol. The summed E-state index contributed by atoms with van der Waals surface area (Å²) < 4.78 is 16.8. The van der Waals surface area contributed by atoms with Gasteiger partial charge >= 0.3 is 0 Å². The number of nitrogens with one attached hydrogen (secondary N) is 1. The fourth-order valence-electron chi connectivity index (χ4n) is 4.33. The zero-order valence-corrected chi connectivity index (χ0v) is 19.2. The fraction of sp³-hybridized carbons (Fsp3) is 0.185. The lowest BCUT2D eigenvalue weighted by atomic mass is 10.0. The molecule has 7 nitrogen and oxygen atoms in total. The maximum absolute atomic E-state index is 13.7. The SMILES string of the molecule is COc1ccccc1C1=C(Nc2ccc3c(c2)OCCO3)C(=O)N(c2cc(C)cc(C)c2)C1=O. The molecule has 1 N–H and O–H groups in total. The summed E-state index contributed by atoms with van der Waals surface area (Å²) in [4.78, 5) is 28.7. The Morgan fingerprint density at radius 3 is 2.29 bits per heavy atom. The third-order valence-electron chi connectivity index (χ3n) is 5.74. The summed E-state index contributed by atoms with van der Waals surface area (Å²) in [6.45, 7) is 4.80. The van der Waals surface area contributed by atoms with Crippen LogP contribution in [0.2, 0.25) is 0 Å². The number of methoxy groups -OCH3 is 1. The van der Waals surface area contributed by atoms with E-state index in [1.165, 1.54) is 12.0 Å². The molecule has 0 unspecified atom stereocenters. The average Bonchev–Trinajstić information content (AvgIpc) is 3.07. The molecular weight excluding hydrogens is 432 g/mol. The van der Waals surface area contributed by atoms with Crippen molar-refractivity contribution in [3.05, 3.63) is 83.1 Å². The van der Waals surface area contributed by atoms with Gasteiger partial charge in [-0.2, -0.15) is 0 Å². The van der Waals surface area contributed by atoms with Gasteiger partial charge in [-0.15, -0.1) is 0 Å². The van der Waals surface area contributed by atoms with E-state index in [1.54, 1.807) is 30.3 Å². The van der Waals surface area contributed by atoms with E-state index in [-0.39, 0.29) is 11.3 Å². The Morgan fingerprint density at radius 2 is 1.56 bits per heavy atom. The predicted octanol–water partition coefficient (Wildman–Crippen LogP) is 4.48. The topological polar surface area (TPSA) is 77.1 Å². The maximum atomic E-state index is 13.7. The third-order valence-corrected chi connectivity index (χ3v) is 5.74. The van der Waals surface area contributed by atoms with Gasteiger partial charge in [0.25, 0.3) is 11.8 Å². The monoisotopic (exact) mass is 456 g/mol. The van der Waals surface area contributed by atoms with Gasteiger partial charge in [-0.3, -0.25) is 9.59 Å². The van der Waals surface area contributed by atoms with Crippen LogP contribution in [0.25, 0.3) is 5.57 Å². The van der Waals surface area contributed by atoms with Gasteiger partial charge in [0, 0.05) is 17.3 Å². The van der Waals surface area contributed by atoms with Gasteiger partial charge in [0.05, 0.1) is 18.4 Å². The Morgan fingerprint density at radius 1 is 0.853 bits per heavy atom. The van der Waals surface area contributed by atoms with E-state index in [2.05, 4.69) is 5.32 Å². The van der Waals surface area contributed by atoms with E-state index in [9.17, 15) is 9.59 Å². The smallest absolute Gasteiger partial charge is 0.282 e. The fourth-order valence-corrected chi connectivity index (χ4v) is 4.33. The van der Waals surface area contributed by atoms with Crippen LogP contribution < -0.4 is 24.4 Å². The zero-order chi connectivity index (χ0) is 23.8. The molecule has 3 aromatic rings. The van der Waals surface area contributed by atoms with E-state index in [4.69, 9.17) is 14.2 Å². The average molecular weight is 456 g/mol. The highest BCUT2D eigenvalue weighted by molar-refractivity contribution is 6.46. The van der Waals surface area contributed by atoms with Crippen LogP contribution in [-0.4, -0.2) is 32.1 Å². The number of ether oxygens (including phenoxy) is 3. The molecule has 0 spiro atoms. The summed E-state index contributed by atoms with van der Waals surface area (Å²) in [5.41, 5.74) is 4.01. The molecule has 0 atom stereocenters. The minimum atomic E-state index is -0.439. The molecule has 2 heterocycles. The van der Waals surface area contributed by atoms with Crippen LogP contribution in [0.4, 0.5) is 11.4 Å². The molecule has 2 aliphatic heterocycles. The summed E-state index contributed by atoms with van der Waals surface area (Å²) in [5.74, 6) is 0.868. The normalized spacial score (nSPS) is 15.1. The molecule has 7 heteroatoms. The number of amides is 2. The Balaban J connectivity index is 1.63. The number of carbonyl (C=O) groups is 2. The lowest BCUT2D eigenvalue weighted by Gasteiger charge is -2.19. The summed E-state index contributed by atoms with van der Waals surface area (Å²) in [7, 11) is 1.54. The van der Waals surface area contributed by atoms with Crippen LogP contribution >= 0.6 is 0 Å². The highest BCUT2D eigenvalue weighted by Crippen LogP contribution is 2.39. The van der Waals surface area contributed by atoms with Crippen LogP contribution in [0.1, 0.15) is 16.7 Å². The molecule has 0 bridgehead atoms. The summed E-state index contributed by atoms with van der Waals surface area (Å²) >= 11 is 0. The van der Waals surface area contributed by atoms with Gasteiger partial charge in [0.2, 0.25) is 0 Å². The summed E-state index contributed by atoms with van der Waals surface area (Å²) in [5, 5.41) is 3.18. The molecule has 2 amide bonds. The minimum absolute atomic E-state index is 0.172. The standard InChI is InChI=1S/C27H24N2O5/c1-16-12-17(2)14-19(13-16)29-26(30)24(20-6-4-5-7-21(20)32-3)25(27(29)31)28-18-8-9-22-23(15-18)34-11-10-33-22/h4-9,12-15,28H,10-11H2,1-3H3. The molecule has 0 aromatic heterocycles. The largest absolute Gasteiger partial charge is 0.496 e. The highest BCUT2D eigenvalue weighted by atomic mass is 16.6. The van der Waals surface area contributed by atoms with E-state index in [0.717, 1.165) is 11.1 Å². The molecule has 0 saturated heterocycles. The van der Waals surface area contributed by atoms with Crippen LogP contribution in [0, 0.1) is 13.8 Å². The van der Waals surface area contributed by atoms with Gasteiger partial charge in [-0.05, 0) is 55.3 Å². The van der Waals surface area contributed by atoms with Gasteiger partial charge < -0.3 is 19.5 Å². The second kappa shape index (κ2) is 8.59. The number of rotatable bonds is 5. The zero-order valence-electron chi connectivity index (χ0n) is 19.2. The van der Waals surface area contributed by atoms with Crippen molar-refractivity contribution in [1.82, 2.24) is 0 Å².